The predicted octanol–water partition coefficient (Wildman–Crippen LogP) is 4.87. The molecule has 1 N–H and O–H groups in total. The van der Waals surface area contributed by atoms with Gasteiger partial charge < -0.3 is 10.0 Å². The van der Waals surface area contributed by atoms with Crippen LogP contribution in [0.3, 0.4) is 0 Å². The first-order chi connectivity index (χ1) is 12.0. The average Bonchev–Trinajstić information content (AvgIpc) is 2.59. The molecule has 0 aliphatic heterocycles. The van der Waals surface area contributed by atoms with Gasteiger partial charge in [0.1, 0.15) is 10.3 Å². The Morgan fingerprint density at radius 2 is 1.88 bits per heavy atom. The Hall–Kier alpha value is -2.24. The molecule has 0 saturated heterocycles. The minimum Gasteiger partial charge on any atom is -0.480 e. The fraction of sp³-hybridized carbons (Fsp3) is 0.158. The van der Waals surface area contributed by atoms with Gasteiger partial charge in [0.05, 0.1) is 11.2 Å². The van der Waals surface area contributed by atoms with Crippen molar-refractivity contribution < 1.29 is 9.90 Å². The van der Waals surface area contributed by atoms with Crippen LogP contribution in [-0.2, 0) is 4.79 Å². The minimum atomic E-state index is -0.890. The number of benzene rings is 2. The molecule has 2 aromatic carbocycles. The van der Waals surface area contributed by atoms with Crippen molar-refractivity contribution in [2.75, 3.05) is 19.0 Å². The molecule has 1 unspecified atom stereocenters. The summed E-state index contributed by atoms with van der Waals surface area (Å²) in [6.45, 7) is 0. The molecule has 0 fully saturated rings. The maximum Gasteiger partial charge on any atom is 0.321 e. The van der Waals surface area contributed by atoms with Crippen molar-refractivity contribution in [3.8, 4) is 0 Å². The molecule has 0 saturated carbocycles. The summed E-state index contributed by atoms with van der Waals surface area (Å²) < 4.78 is 0. The van der Waals surface area contributed by atoms with Gasteiger partial charge in [-0.3, -0.25) is 4.79 Å². The molecule has 3 rings (SSSR count). The van der Waals surface area contributed by atoms with E-state index in [1.165, 1.54) is 11.8 Å². The Bertz CT molecular complexity index is 916. The zero-order valence-corrected chi connectivity index (χ0v) is 15.4. The molecule has 1 atom stereocenters. The average molecular weight is 373 g/mol. The summed E-state index contributed by atoms with van der Waals surface area (Å²) in [7, 11) is 3.82. The van der Waals surface area contributed by atoms with E-state index in [-0.39, 0.29) is 0 Å². The number of hydrogen-bond acceptors (Lipinski definition) is 4. The highest BCUT2D eigenvalue weighted by Crippen LogP contribution is 2.40. The second kappa shape index (κ2) is 7.33. The van der Waals surface area contributed by atoms with E-state index >= 15 is 0 Å². The van der Waals surface area contributed by atoms with E-state index in [0.717, 1.165) is 22.2 Å². The van der Waals surface area contributed by atoms with Gasteiger partial charge in [-0.15, -0.1) is 0 Å². The summed E-state index contributed by atoms with van der Waals surface area (Å²) in [4.78, 5) is 18.4. The normalized spacial score (nSPS) is 12.1. The number of carboxylic acid groups (broad SMARTS) is 1. The lowest BCUT2D eigenvalue weighted by atomic mass is 10.1. The fourth-order valence-corrected chi connectivity index (χ4v) is 3.84. The Balaban J connectivity index is 2.08. The fourth-order valence-electron chi connectivity index (χ4n) is 2.53. The van der Waals surface area contributed by atoms with E-state index in [1.807, 2.05) is 67.5 Å². The maximum atomic E-state index is 11.8. The molecule has 0 amide bonds. The number of rotatable bonds is 5. The zero-order chi connectivity index (χ0) is 18.0. The highest BCUT2D eigenvalue weighted by atomic mass is 35.5. The highest BCUT2D eigenvalue weighted by molar-refractivity contribution is 8.00. The van der Waals surface area contributed by atoms with Gasteiger partial charge in [-0.1, -0.05) is 53.7 Å². The van der Waals surface area contributed by atoms with Crippen molar-refractivity contribution in [1.82, 2.24) is 4.98 Å². The zero-order valence-electron chi connectivity index (χ0n) is 13.8. The van der Waals surface area contributed by atoms with Crippen LogP contribution in [0.15, 0.2) is 59.6 Å². The molecule has 4 nitrogen and oxygen atoms in total. The summed E-state index contributed by atoms with van der Waals surface area (Å²) in [5.74, 6) is -0.890. The Morgan fingerprint density at radius 3 is 2.52 bits per heavy atom. The quantitative estimate of drug-likeness (QED) is 0.647. The van der Waals surface area contributed by atoms with E-state index in [9.17, 15) is 9.90 Å². The molecule has 128 valence electrons. The number of carboxylic acids is 1. The molecule has 25 heavy (non-hydrogen) atoms. The first kappa shape index (κ1) is 17.6. The Morgan fingerprint density at radius 1 is 1.16 bits per heavy atom. The summed E-state index contributed by atoms with van der Waals surface area (Å²) >= 11 is 7.31. The van der Waals surface area contributed by atoms with Crippen molar-refractivity contribution in [1.29, 1.82) is 0 Å². The first-order valence-electron chi connectivity index (χ1n) is 7.68. The molecule has 0 spiro atoms. The van der Waals surface area contributed by atoms with Crippen LogP contribution < -0.4 is 4.90 Å². The number of nitrogens with zero attached hydrogens (tertiary/aromatic N) is 2. The monoisotopic (exact) mass is 372 g/mol. The van der Waals surface area contributed by atoms with Crippen LogP contribution in [0.1, 0.15) is 10.8 Å². The topological polar surface area (TPSA) is 53.4 Å². The Labute approximate surface area is 155 Å². The van der Waals surface area contributed by atoms with E-state index in [4.69, 9.17) is 11.6 Å². The standard InChI is InChI=1S/C19H17ClN2O2S/c1-22(2)16-11-13-10-14(20)8-9-15(13)21-18(16)25-17(19(23)24)12-6-4-3-5-7-12/h3-11,17H,1-2H3,(H,23,24). The number of fused-ring (bicyclic) bond motifs is 1. The van der Waals surface area contributed by atoms with Crippen LogP contribution in [0.4, 0.5) is 5.69 Å². The molecule has 6 heteroatoms. The van der Waals surface area contributed by atoms with Crippen molar-refractivity contribution in [2.45, 2.75) is 10.3 Å². The minimum absolute atomic E-state index is 0.645. The molecule has 1 aromatic heterocycles. The first-order valence-corrected chi connectivity index (χ1v) is 8.93. The molecule has 0 radical (unpaired) electrons. The molecule has 0 aliphatic rings. The lowest BCUT2D eigenvalue weighted by Gasteiger charge is -2.20. The van der Waals surface area contributed by atoms with Crippen LogP contribution in [0, 0.1) is 0 Å². The van der Waals surface area contributed by atoms with E-state index < -0.39 is 11.2 Å². The van der Waals surface area contributed by atoms with Crippen LogP contribution in [0.5, 0.6) is 0 Å². The third-order valence-corrected chi connectivity index (χ3v) is 5.23. The second-order valence-electron chi connectivity index (χ2n) is 5.79. The van der Waals surface area contributed by atoms with Gasteiger partial charge in [-0.05, 0) is 29.8 Å². The van der Waals surface area contributed by atoms with Crippen molar-refractivity contribution in [2.24, 2.45) is 0 Å². The number of thioether (sulfide) groups is 1. The van der Waals surface area contributed by atoms with Gasteiger partial charge in [-0.2, -0.15) is 0 Å². The second-order valence-corrected chi connectivity index (χ2v) is 7.32. The number of pyridine rings is 1. The highest BCUT2D eigenvalue weighted by Gasteiger charge is 2.24. The van der Waals surface area contributed by atoms with Crippen LogP contribution in [0.25, 0.3) is 10.9 Å². The summed E-state index contributed by atoms with van der Waals surface area (Å²) in [6.07, 6.45) is 0. The molecule has 3 aromatic rings. The molecule has 0 bridgehead atoms. The number of aliphatic carboxylic acids is 1. The van der Waals surface area contributed by atoms with Crippen molar-refractivity contribution in [3.63, 3.8) is 0 Å². The maximum absolute atomic E-state index is 11.8. The lowest BCUT2D eigenvalue weighted by molar-refractivity contribution is -0.136. The number of hydrogen-bond donors (Lipinski definition) is 1. The number of anilines is 1. The van der Waals surface area contributed by atoms with Crippen LogP contribution in [-0.4, -0.2) is 30.2 Å². The third-order valence-electron chi connectivity index (χ3n) is 3.76. The van der Waals surface area contributed by atoms with E-state index in [0.29, 0.717) is 10.0 Å². The summed E-state index contributed by atoms with van der Waals surface area (Å²) in [5.41, 5.74) is 2.39. The number of aromatic nitrogens is 1. The van der Waals surface area contributed by atoms with Gasteiger partial charge >= 0.3 is 5.97 Å². The van der Waals surface area contributed by atoms with Gasteiger partial charge in [-0.25, -0.2) is 4.98 Å². The largest absolute Gasteiger partial charge is 0.480 e. The number of halogens is 1. The molecule has 1 heterocycles. The van der Waals surface area contributed by atoms with E-state index in [1.54, 1.807) is 6.07 Å². The van der Waals surface area contributed by atoms with Crippen LogP contribution in [0.2, 0.25) is 5.02 Å². The van der Waals surface area contributed by atoms with Gasteiger partial charge in [0.15, 0.2) is 0 Å². The number of carbonyl (C=O) groups is 1. The smallest absolute Gasteiger partial charge is 0.321 e. The third kappa shape index (κ3) is 3.89. The van der Waals surface area contributed by atoms with Crippen molar-refractivity contribution >= 4 is 45.9 Å². The SMILES string of the molecule is CN(C)c1cc2cc(Cl)ccc2nc1SC(C(=O)O)c1ccccc1. The van der Waals surface area contributed by atoms with E-state index in [2.05, 4.69) is 4.98 Å². The Kier molecular flexibility index (Phi) is 5.16. The van der Waals surface area contributed by atoms with Gasteiger partial charge in [0.2, 0.25) is 0 Å². The van der Waals surface area contributed by atoms with Crippen LogP contribution >= 0.6 is 23.4 Å². The lowest BCUT2D eigenvalue weighted by Crippen LogP contribution is -2.13. The van der Waals surface area contributed by atoms with Crippen molar-refractivity contribution in [3.05, 3.63) is 65.2 Å². The molecule has 0 aliphatic carbocycles. The molecular weight excluding hydrogens is 356 g/mol. The molecular formula is C19H17ClN2O2S. The van der Waals surface area contributed by atoms with Gasteiger partial charge in [0.25, 0.3) is 0 Å². The van der Waals surface area contributed by atoms with Gasteiger partial charge in [0, 0.05) is 24.5 Å². The summed E-state index contributed by atoms with van der Waals surface area (Å²) in [6, 6.07) is 16.7. The predicted molar refractivity (Wildman–Crippen MR) is 104 cm³/mol. The summed E-state index contributed by atoms with van der Waals surface area (Å²) in [5, 5.41) is 11.2.